The van der Waals surface area contributed by atoms with E-state index in [9.17, 15) is 0 Å². The van der Waals surface area contributed by atoms with Crippen LogP contribution in [0.15, 0.2) is 78.0 Å². The Morgan fingerprint density at radius 1 is 0.833 bits per heavy atom. The van der Waals surface area contributed by atoms with Gasteiger partial charge in [0, 0.05) is 29.1 Å². The van der Waals surface area contributed by atoms with Crippen molar-refractivity contribution in [3.8, 4) is 17.1 Å². The van der Waals surface area contributed by atoms with E-state index >= 15 is 0 Å². The summed E-state index contributed by atoms with van der Waals surface area (Å²) in [5.41, 5.74) is 3.08. The van der Waals surface area contributed by atoms with Crippen molar-refractivity contribution in [2.45, 2.75) is 10.9 Å². The minimum Gasteiger partial charge on any atom is -0.497 e. The van der Waals surface area contributed by atoms with Crippen LogP contribution in [0.1, 0.15) is 5.69 Å². The molecule has 5 aromatic rings. The number of rotatable bonds is 5. The lowest BCUT2D eigenvalue weighted by Crippen LogP contribution is -1.97. The first-order valence-corrected chi connectivity index (χ1v) is 10.7. The minimum absolute atomic E-state index is 0.722. The van der Waals surface area contributed by atoms with Gasteiger partial charge in [-0.2, -0.15) is 0 Å². The monoisotopic (exact) mass is 412 g/mol. The van der Waals surface area contributed by atoms with E-state index in [1.807, 2.05) is 41.9 Å². The Morgan fingerprint density at radius 3 is 2.30 bits per heavy atom. The number of pyridine rings is 1. The maximum Gasteiger partial charge on any atom is 0.191 e. The van der Waals surface area contributed by atoms with Gasteiger partial charge < -0.3 is 9.30 Å². The van der Waals surface area contributed by atoms with Crippen molar-refractivity contribution in [2.75, 3.05) is 7.11 Å². The van der Waals surface area contributed by atoms with Gasteiger partial charge in [0.05, 0.1) is 18.3 Å². The zero-order valence-corrected chi connectivity index (χ0v) is 17.6. The van der Waals surface area contributed by atoms with Gasteiger partial charge in [-0.3, -0.25) is 4.98 Å². The standard InChI is InChI=1S/C24H20N4OS/c1-28-23(16-11-13-17(29-2)14-12-16)26-27-24(28)30-15-22-20-9-4-3-7-18(20)19-8-5-6-10-21(19)25-22/h3-14H,15H2,1-2H3. The van der Waals surface area contributed by atoms with Gasteiger partial charge in [-0.15, -0.1) is 10.2 Å². The van der Waals surface area contributed by atoms with E-state index in [-0.39, 0.29) is 0 Å². The van der Waals surface area contributed by atoms with Crippen molar-refractivity contribution in [3.05, 3.63) is 78.5 Å². The van der Waals surface area contributed by atoms with Gasteiger partial charge in [0.15, 0.2) is 11.0 Å². The molecule has 0 fully saturated rings. The second-order valence-electron chi connectivity index (χ2n) is 7.00. The molecule has 0 aliphatic rings. The highest BCUT2D eigenvalue weighted by atomic mass is 32.2. The Kier molecular flexibility index (Phi) is 4.85. The molecule has 0 aliphatic heterocycles. The molecule has 0 bridgehead atoms. The number of nitrogens with zero attached hydrogens (tertiary/aromatic N) is 4. The lowest BCUT2D eigenvalue weighted by atomic mass is 10.0. The fourth-order valence-electron chi connectivity index (χ4n) is 3.65. The average molecular weight is 413 g/mol. The second kappa shape index (κ2) is 7.80. The Morgan fingerprint density at radius 2 is 1.53 bits per heavy atom. The second-order valence-corrected chi connectivity index (χ2v) is 7.95. The molecule has 148 valence electrons. The molecule has 0 spiro atoms. The van der Waals surface area contributed by atoms with Crippen molar-refractivity contribution in [1.29, 1.82) is 0 Å². The van der Waals surface area contributed by atoms with Crippen LogP contribution in [0.5, 0.6) is 5.75 Å². The number of ether oxygens (including phenoxy) is 1. The molecule has 0 unspecified atom stereocenters. The smallest absolute Gasteiger partial charge is 0.191 e. The Hall–Kier alpha value is -3.38. The van der Waals surface area contributed by atoms with Gasteiger partial charge in [-0.05, 0) is 35.7 Å². The van der Waals surface area contributed by atoms with Crippen molar-refractivity contribution in [3.63, 3.8) is 0 Å². The number of hydrogen-bond acceptors (Lipinski definition) is 5. The van der Waals surface area contributed by atoms with Crippen LogP contribution in [0.2, 0.25) is 0 Å². The molecule has 30 heavy (non-hydrogen) atoms. The molecule has 0 amide bonds. The summed E-state index contributed by atoms with van der Waals surface area (Å²) < 4.78 is 7.26. The van der Waals surface area contributed by atoms with Gasteiger partial charge in [0.25, 0.3) is 0 Å². The Balaban J connectivity index is 1.46. The molecular weight excluding hydrogens is 392 g/mol. The summed E-state index contributed by atoms with van der Waals surface area (Å²) >= 11 is 1.65. The van der Waals surface area contributed by atoms with E-state index in [4.69, 9.17) is 9.72 Å². The molecule has 5 rings (SSSR count). The third-order valence-corrected chi connectivity index (χ3v) is 6.24. The first-order valence-electron chi connectivity index (χ1n) is 9.67. The summed E-state index contributed by atoms with van der Waals surface area (Å²) in [6, 6.07) is 24.6. The molecule has 0 radical (unpaired) electrons. The van der Waals surface area contributed by atoms with Gasteiger partial charge in [-0.25, -0.2) is 0 Å². The largest absolute Gasteiger partial charge is 0.497 e. The predicted octanol–water partition coefficient (Wildman–Crippen LogP) is 5.48. The highest BCUT2D eigenvalue weighted by molar-refractivity contribution is 7.98. The molecule has 0 saturated carbocycles. The Bertz CT molecular complexity index is 1340. The van der Waals surface area contributed by atoms with Crippen LogP contribution in [-0.2, 0) is 12.8 Å². The van der Waals surface area contributed by atoms with Crippen LogP contribution in [0.25, 0.3) is 33.1 Å². The maximum absolute atomic E-state index is 5.24. The summed E-state index contributed by atoms with van der Waals surface area (Å²) in [7, 11) is 3.66. The summed E-state index contributed by atoms with van der Waals surface area (Å²) in [4.78, 5) is 4.94. The minimum atomic E-state index is 0.722. The highest BCUT2D eigenvalue weighted by Crippen LogP contribution is 2.31. The summed E-state index contributed by atoms with van der Waals surface area (Å²) in [5.74, 6) is 2.38. The molecule has 2 heterocycles. The molecule has 5 nitrogen and oxygen atoms in total. The first kappa shape index (κ1) is 18.6. The van der Waals surface area contributed by atoms with Crippen LogP contribution in [-0.4, -0.2) is 26.9 Å². The quantitative estimate of drug-likeness (QED) is 0.282. The number of fused-ring (bicyclic) bond motifs is 3. The molecule has 0 saturated heterocycles. The van der Waals surface area contributed by atoms with Crippen molar-refractivity contribution in [2.24, 2.45) is 7.05 Å². The molecule has 3 aromatic carbocycles. The van der Waals surface area contributed by atoms with Crippen LogP contribution in [0.4, 0.5) is 0 Å². The zero-order chi connectivity index (χ0) is 20.5. The fraction of sp³-hybridized carbons (Fsp3) is 0.125. The van der Waals surface area contributed by atoms with E-state index in [0.29, 0.717) is 0 Å². The first-order chi connectivity index (χ1) is 14.7. The van der Waals surface area contributed by atoms with Crippen molar-refractivity contribution in [1.82, 2.24) is 19.7 Å². The normalized spacial score (nSPS) is 11.3. The van der Waals surface area contributed by atoms with E-state index < -0.39 is 0 Å². The maximum atomic E-state index is 5.24. The third-order valence-electron chi connectivity index (χ3n) is 5.21. The topological polar surface area (TPSA) is 52.8 Å². The molecule has 0 atom stereocenters. The summed E-state index contributed by atoms with van der Waals surface area (Å²) in [6.07, 6.45) is 0. The van der Waals surface area contributed by atoms with Gasteiger partial charge in [-0.1, -0.05) is 54.2 Å². The molecule has 0 N–H and O–H groups in total. The third kappa shape index (κ3) is 3.29. The highest BCUT2D eigenvalue weighted by Gasteiger charge is 2.14. The van der Waals surface area contributed by atoms with Gasteiger partial charge in [0.1, 0.15) is 5.75 Å². The lowest BCUT2D eigenvalue weighted by Gasteiger charge is -2.09. The number of aromatic nitrogens is 4. The van der Waals surface area contributed by atoms with E-state index in [1.54, 1.807) is 18.9 Å². The molecule has 2 aromatic heterocycles. The van der Waals surface area contributed by atoms with Gasteiger partial charge in [0.2, 0.25) is 0 Å². The number of hydrogen-bond donors (Lipinski definition) is 0. The molecule has 0 aliphatic carbocycles. The van der Waals surface area contributed by atoms with E-state index in [2.05, 4.69) is 52.7 Å². The number of thioether (sulfide) groups is 1. The number of benzene rings is 3. The van der Waals surface area contributed by atoms with Crippen LogP contribution < -0.4 is 4.74 Å². The van der Waals surface area contributed by atoms with E-state index in [1.165, 1.54) is 16.2 Å². The van der Waals surface area contributed by atoms with Crippen molar-refractivity contribution < 1.29 is 4.74 Å². The number of methoxy groups -OCH3 is 1. The Labute approximate surface area is 178 Å². The van der Waals surface area contributed by atoms with Crippen LogP contribution >= 0.6 is 11.8 Å². The SMILES string of the molecule is COc1ccc(-c2nnc(SCc3nc4ccccc4c4ccccc34)n2C)cc1. The average Bonchev–Trinajstić information content (AvgIpc) is 3.17. The predicted molar refractivity (Wildman–Crippen MR) is 122 cm³/mol. The zero-order valence-electron chi connectivity index (χ0n) is 16.7. The van der Waals surface area contributed by atoms with Gasteiger partial charge >= 0.3 is 0 Å². The van der Waals surface area contributed by atoms with Crippen LogP contribution in [0.3, 0.4) is 0 Å². The fourth-order valence-corrected chi connectivity index (χ4v) is 4.51. The molecule has 6 heteroatoms. The lowest BCUT2D eigenvalue weighted by molar-refractivity contribution is 0.415. The summed E-state index contributed by atoms with van der Waals surface area (Å²) in [6.45, 7) is 0. The molecular formula is C24H20N4OS. The van der Waals surface area contributed by atoms with Crippen LogP contribution in [0, 0.1) is 0 Å². The number of para-hydroxylation sites is 1. The summed E-state index contributed by atoms with van der Waals surface area (Å²) in [5, 5.41) is 13.3. The van der Waals surface area contributed by atoms with E-state index in [0.717, 1.165) is 39.3 Å². The van der Waals surface area contributed by atoms with Crippen molar-refractivity contribution >= 4 is 33.4 Å².